The molecule has 0 bridgehead atoms. The number of likely N-dealkylation sites (N-methyl/N-ethyl adjacent to an activating group) is 1. The largest absolute Gasteiger partial charge is 0.329 e. The molecule has 0 atom stereocenters. The van der Waals surface area contributed by atoms with Crippen molar-refractivity contribution in [1.29, 1.82) is 0 Å². The maximum absolute atomic E-state index is 11.3. The third-order valence-electron chi connectivity index (χ3n) is 1.64. The number of aryl methyl sites for hydroxylation is 1. The second-order valence-electron chi connectivity index (χ2n) is 2.49. The van der Waals surface area contributed by atoms with Crippen LogP contribution < -0.4 is 5.32 Å². The minimum Gasteiger partial charge on any atom is -0.329 e. The van der Waals surface area contributed by atoms with Gasteiger partial charge in [-0.3, -0.25) is 4.79 Å². The zero-order valence-electron chi connectivity index (χ0n) is 7.37. The van der Waals surface area contributed by atoms with Crippen molar-refractivity contribution in [2.45, 2.75) is 13.5 Å². The van der Waals surface area contributed by atoms with Crippen LogP contribution in [0.5, 0.6) is 0 Å². The van der Waals surface area contributed by atoms with E-state index < -0.39 is 0 Å². The summed E-state index contributed by atoms with van der Waals surface area (Å²) >= 11 is 0. The smallest absolute Gasteiger partial charge is 0.211 e. The van der Waals surface area contributed by atoms with Gasteiger partial charge in [0.2, 0.25) is 5.78 Å². The Hall–Kier alpha value is -1.16. The average molecular weight is 167 g/mol. The molecule has 1 aromatic heterocycles. The lowest BCUT2D eigenvalue weighted by Crippen LogP contribution is -2.21. The van der Waals surface area contributed by atoms with Crippen LogP contribution in [0.3, 0.4) is 0 Å². The third-order valence-corrected chi connectivity index (χ3v) is 1.64. The molecule has 0 aliphatic heterocycles. The Bertz CT molecular complexity index is 267. The molecule has 4 nitrogen and oxygen atoms in total. The molecule has 4 heteroatoms. The SMILES string of the molecule is CCn1ccnc1C(=O)CNC. The van der Waals surface area contributed by atoms with Gasteiger partial charge in [0.25, 0.3) is 0 Å². The number of nitrogens with one attached hydrogen (secondary N) is 1. The van der Waals surface area contributed by atoms with Crippen molar-refractivity contribution in [3.05, 3.63) is 18.2 Å². The van der Waals surface area contributed by atoms with E-state index in [2.05, 4.69) is 10.3 Å². The van der Waals surface area contributed by atoms with Crippen LogP contribution in [0, 0.1) is 0 Å². The van der Waals surface area contributed by atoms with E-state index in [1.165, 1.54) is 0 Å². The van der Waals surface area contributed by atoms with Gasteiger partial charge in [-0.25, -0.2) is 4.98 Å². The molecular weight excluding hydrogens is 154 g/mol. The fourth-order valence-electron chi connectivity index (χ4n) is 1.06. The summed E-state index contributed by atoms with van der Waals surface area (Å²) in [6.07, 6.45) is 3.45. The summed E-state index contributed by atoms with van der Waals surface area (Å²) in [5.74, 6) is 0.566. The van der Waals surface area contributed by atoms with Crippen LogP contribution in [0.2, 0.25) is 0 Å². The monoisotopic (exact) mass is 167 g/mol. The first-order chi connectivity index (χ1) is 5.79. The van der Waals surface area contributed by atoms with Gasteiger partial charge in [-0.2, -0.15) is 0 Å². The summed E-state index contributed by atoms with van der Waals surface area (Å²) in [4.78, 5) is 15.3. The number of aromatic nitrogens is 2. The van der Waals surface area contributed by atoms with Gasteiger partial charge < -0.3 is 9.88 Å². The lowest BCUT2D eigenvalue weighted by atomic mass is 10.3. The number of imidazole rings is 1. The van der Waals surface area contributed by atoms with Crippen molar-refractivity contribution in [2.24, 2.45) is 0 Å². The Balaban J connectivity index is 2.79. The second-order valence-corrected chi connectivity index (χ2v) is 2.49. The molecule has 0 aliphatic rings. The molecule has 0 spiro atoms. The maximum Gasteiger partial charge on any atom is 0.211 e. The van der Waals surface area contributed by atoms with Crippen LogP contribution in [0.25, 0.3) is 0 Å². The normalized spacial score (nSPS) is 10.2. The Kier molecular flexibility index (Phi) is 2.99. The van der Waals surface area contributed by atoms with Gasteiger partial charge in [0, 0.05) is 18.9 Å². The molecule has 0 amide bonds. The van der Waals surface area contributed by atoms with Crippen molar-refractivity contribution in [2.75, 3.05) is 13.6 Å². The fourth-order valence-corrected chi connectivity index (χ4v) is 1.06. The van der Waals surface area contributed by atoms with Crippen LogP contribution in [0.15, 0.2) is 12.4 Å². The molecule has 1 aromatic rings. The van der Waals surface area contributed by atoms with E-state index in [0.717, 1.165) is 6.54 Å². The van der Waals surface area contributed by atoms with E-state index in [4.69, 9.17) is 0 Å². The van der Waals surface area contributed by atoms with Gasteiger partial charge in [-0.1, -0.05) is 0 Å². The Morgan fingerprint density at radius 2 is 2.50 bits per heavy atom. The molecule has 1 rings (SSSR count). The first kappa shape index (κ1) is 8.93. The van der Waals surface area contributed by atoms with Crippen LogP contribution in [0.1, 0.15) is 17.5 Å². The van der Waals surface area contributed by atoms with E-state index in [0.29, 0.717) is 12.4 Å². The number of hydrogen-bond acceptors (Lipinski definition) is 3. The highest BCUT2D eigenvalue weighted by Gasteiger charge is 2.09. The molecule has 66 valence electrons. The fraction of sp³-hybridized carbons (Fsp3) is 0.500. The van der Waals surface area contributed by atoms with Crippen LogP contribution in [0.4, 0.5) is 0 Å². The number of carbonyl (C=O) groups is 1. The number of hydrogen-bond donors (Lipinski definition) is 1. The first-order valence-electron chi connectivity index (χ1n) is 3.98. The van der Waals surface area contributed by atoms with Crippen molar-refractivity contribution in [3.63, 3.8) is 0 Å². The van der Waals surface area contributed by atoms with Crippen molar-refractivity contribution >= 4 is 5.78 Å². The molecule has 0 saturated carbocycles. The van der Waals surface area contributed by atoms with E-state index in [1.54, 1.807) is 13.2 Å². The highest BCUT2D eigenvalue weighted by molar-refractivity contribution is 5.94. The van der Waals surface area contributed by atoms with Gasteiger partial charge in [-0.05, 0) is 14.0 Å². The van der Waals surface area contributed by atoms with Crippen molar-refractivity contribution < 1.29 is 4.79 Å². The van der Waals surface area contributed by atoms with Gasteiger partial charge >= 0.3 is 0 Å². The highest BCUT2D eigenvalue weighted by atomic mass is 16.1. The minimum absolute atomic E-state index is 0.0318. The first-order valence-corrected chi connectivity index (χ1v) is 3.98. The Labute approximate surface area is 71.6 Å². The van der Waals surface area contributed by atoms with Gasteiger partial charge in [-0.15, -0.1) is 0 Å². The topological polar surface area (TPSA) is 46.9 Å². The van der Waals surface area contributed by atoms with Crippen molar-refractivity contribution in [3.8, 4) is 0 Å². The molecule has 0 aliphatic carbocycles. The predicted molar refractivity (Wildman–Crippen MR) is 46.2 cm³/mol. The van der Waals surface area contributed by atoms with Gasteiger partial charge in [0.05, 0.1) is 6.54 Å². The molecule has 1 heterocycles. The van der Waals surface area contributed by atoms with Crippen LogP contribution >= 0.6 is 0 Å². The zero-order chi connectivity index (χ0) is 8.97. The molecule has 0 radical (unpaired) electrons. The van der Waals surface area contributed by atoms with Gasteiger partial charge in [0.15, 0.2) is 5.82 Å². The van der Waals surface area contributed by atoms with E-state index in [1.807, 2.05) is 17.7 Å². The molecule has 0 saturated heterocycles. The zero-order valence-corrected chi connectivity index (χ0v) is 7.37. The number of nitrogens with zero attached hydrogens (tertiary/aromatic N) is 2. The summed E-state index contributed by atoms with van der Waals surface area (Å²) in [7, 11) is 1.75. The van der Waals surface area contributed by atoms with E-state index in [-0.39, 0.29) is 5.78 Å². The van der Waals surface area contributed by atoms with Crippen LogP contribution in [-0.2, 0) is 6.54 Å². The van der Waals surface area contributed by atoms with Crippen molar-refractivity contribution in [1.82, 2.24) is 14.9 Å². The lowest BCUT2D eigenvalue weighted by Gasteiger charge is -2.02. The molecular formula is C8H13N3O. The summed E-state index contributed by atoms with van der Waals surface area (Å²) in [5, 5.41) is 2.80. The summed E-state index contributed by atoms with van der Waals surface area (Å²) in [6, 6.07) is 0. The Morgan fingerprint density at radius 1 is 1.75 bits per heavy atom. The average Bonchev–Trinajstić information content (AvgIpc) is 2.51. The molecule has 12 heavy (non-hydrogen) atoms. The standard InChI is InChI=1S/C8H13N3O/c1-3-11-5-4-10-8(11)7(12)6-9-2/h4-5,9H,3,6H2,1-2H3. The second kappa shape index (κ2) is 4.01. The quantitative estimate of drug-likeness (QED) is 0.656. The predicted octanol–water partition coefficient (Wildman–Crippen LogP) is 0.305. The third kappa shape index (κ3) is 1.71. The lowest BCUT2D eigenvalue weighted by molar-refractivity contribution is 0.0979. The molecule has 1 N–H and O–H groups in total. The summed E-state index contributed by atoms with van der Waals surface area (Å²) in [5.41, 5.74) is 0. The van der Waals surface area contributed by atoms with E-state index >= 15 is 0 Å². The molecule has 0 unspecified atom stereocenters. The minimum atomic E-state index is 0.0318. The highest BCUT2D eigenvalue weighted by Crippen LogP contribution is 1.97. The summed E-state index contributed by atoms with van der Waals surface area (Å²) in [6.45, 7) is 3.11. The van der Waals surface area contributed by atoms with Gasteiger partial charge in [0.1, 0.15) is 0 Å². The Morgan fingerprint density at radius 3 is 3.08 bits per heavy atom. The number of rotatable bonds is 4. The summed E-state index contributed by atoms with van der Waals surface area (Å²) < 4.78 is 1.83. The number of ketones is 1. The molecule has 0 fully saturated rings. The number of carbonyl (C=O) groups excluding carboxylic acids is 1. The van der Waals surface area contributed by atoms with E-state index in [9.17, 15) is 4.79 Å². The number of Topliss-reactive ketones (excluding diaryl/α,β-unsaturated/α-hetero) is 1. The van der Waals surface area contributed by atoms with Crippen LogP contribution in [-0.4, -0.2) is 28.9 Å². The molecule has 0 aromatic carbocycles. The maximum atomic E-state index is 11.3.